The van der Waals surface area contributed by atoms with Gasteiger partial charge in [-0.1, -0.05) is 36.3 Å². The quantitative estimate of drug-likeness (QED) is 0.919. The first-order valence-corrected chi connectivity index (χ1v) is 8.03. The van der Waals surface area contributed by atoms with E-state index in [1.807, 2.05) is 12.1 Å². The lowest BCUT2D eigenvalue weighted by molar-refractivity contribution is 0.107. The molecule has 1 atom stereocenters. The van der Waals surface area contributed by atoms with Crippen molar-refractivity contribution >= 4 is 0 Å². The number of rotatable bonds is 5. The Balaban J connectivity index is 1.65. The molecule has 5 heteroatoms. The van der Waals surface area contributed by atoms with E-state index in [9.17, 15) is 5.11 Å². The minimum absolute atomic E-state index is 0.259. The van der Waals surface area contributed by atoms with Crippen molar-refractivity contribution in [3.63, 3.8) is 0 Å². The average molecular weight is 301 g/mol. The highest BCUT2D eigenvalue weighted by molar-refractivity contribution is 5.54. The van der Waals surface area contributed by atoms with Crippen LogP contribution in [0.25, 0.3) is 11.4 Å². The summed E-state index contributed by atoms with van der Waals surface area (Å²) in [7, 11) is 0. The Labute approximate surface area is 131 Å². The normalized spacial score (nSPS) is 19.5. The van der Waals surface area contributed by atoms with Crippen molar-refractivity contribution in [2.75, 3.05) is 19.7 Å². The van der Waals surface area contributed by atoms with Crippen LogP contribution in [0.1, 0.15) is 31.2 Å². The van der Waals surface area contributed by atoms with E-state index in [0.29, 0.717) is 24.2 Å². The molecule has 0 spiro atoms. The van der Waals surface area contributed by atoms with Gasteiger partial charge in [-0.15, -0.1) is 0 Å². The predicted molar refractivity (Wildman–Crippen MR) is 84.2 cm³/mol. The van der Waals surface area contributed by atoms with Crippen LogP contribution in [0, 0.1) is 5.92 Å². The minimum Gasteiger partial charge on any atom is -0.396 e. The van der Waals surface area contributed by atoms with Gasteiger partial charge in [0.25, 0.3) is 0 Å². The number of nitrogens with zero attached hydrogens (tertiary/aromatic N) is 3. The Morgan fingerprint density at radius 2 is 2.14 bits per heavy atom. The summed E-state index contributed by atoms with van der Waals surface area (Å²) in [6, 6.07) is 8.27. The molecule has 1 saturated heterocycles. The zero-order chi connectivity index (χ0) is 15.4. The summed E-state index contributed by atoms with van der Waals surface area (Å²) >= 11 is 0. The first-order valence-electron chi connectivity index (χ1n) is 8.03. The molecule has 0 radical (unpaired) electrons. The number of aryl methyl sites for hydroxylation is 1. The number of aromatic nitrogens is 2. The lowest BCUT2D eigenvalue weighted by atomic mass is 9.99. The zero-order valence-electron chi connectivity index (χ0n) is 13.0. The Morgan fingerprint density at radius 3 is 2.86 bits per heavy atom. The molecule has 3 rings (SSSR count). The number of hydrogen-bond acceptors (Lipinski definition) is 5. The fourth-order valence-corrected chi connectivity index (χ4v) is 2.96. The van der Waals surface area contributed by atoms with Crippen molar-refractivity contribution in [3.8, 4) is 11.4 Å². The summed E-state index contributed by atoms with van der Waals surface area (Å²) in [5.74, 6) is 1.67. The van der Waals surface area contributed by atoms with Gasteiger partial charge >= 0.3 is 0 Å². The second-order valence-electron chi connectivity index (χ2n) is 5.99. The van der Waals surface area contributed by atoms with Gasteiger partial charge in [0.2, 0.25) is 11.7 Å². The molecule has 1 N–H and O–H groups in total. The van der Waals surface area contributed by atoms with Crippen LogP contribution in [0.15, 0.2) is 28.8 Å². The van der Waals surface area contributed by atoms with E-state index < -0.39 is 0 Å². The van der Waals surface area contributed by atoms with Crippen LogP contribution in [0.3, 0.4) is 0 Å². The summed E-state index contributed by atoms with van der Waals surface area (Å²) in [6.45, 7) is 4.99. The van der Waals surface area contributed by atoms with Crippen molar-refractivity contribution in [2.45, 2.75) is 32.7 Å². The topological polar surface area (TPSA) is 62.4 Å². The second-order valence-corrected chi connectivity index (χ2v) is 5.99. The fraction of sp³-hybridized carbons (Fsp3) is 0.529. The van der Waals surface area contributed by atoms with Crippen LogP contribution in [0.5, 0.6) is 0 Å². The van der Waals surface area contributed by atoms with E-state index >= 15 is 0 Å². The molecule has 1 unspecified atom stereocenters. The van der Waals surface area contributed by atoms with Gasteiger partial charge in [0, 0.05) is 18.7 Å². The Morgan fingerprint density at radius 1 is 1.32 bits per heavy atom. The van der Waals surface area contributed by atoms with Gasteiger partial charge in [-0.2, -0.15) is 4.98 Å². The highest BCUT2D eigenvalue weighted by Gasteiger charge is 2.21. The van der Waals surface area contributed by atoms with Crippen molar-refractivity contribution in [1.82, 2.24) is 15.0 Å². The van der Waals surface area contributed by atoms with Crippen molar-refractivity contribution in [2.24, 2.45) is 5.92 Å². The molecule has 5 nitrogen and oxygen atoms in total. The van der Waals surface area contributed by atoms with Crippen molar-refractivity contribution in [3.05, 3.63) is 35.7 Å². The molecular formula is C17H23N3O2. The average Bonchev–Trinajstić information content (AvgIpc) is 3.03. The smallest absolute Gasteiger partial charge is 0.241 e. The number of piperidine rings is 1. The molecule has 0 bridgehead atoms. The van der Waals surface area contributed by atoms with Gasteiger partial charge < -0.3 is 9.63 Å². The molecule has 2 heterocycles. The lowest BCUT2D eigenvalue weighted by Crippen LogP contribution is -2.36. The molecule has 1 aromatic heterocycles. The Bertz CT molecular complexity index is 594. The highest BCUT2D eigenvalue weighted by Crippen LogP contribution is 2.20. The zero-order valence-corrected chi connectivity index (χ0v) is 13.0. The third-order valence-corrected chi connectivity index (χ3v) is 4.31. The van der Waals surface area contributed by atoms with Crippen molar-refractivity contribution in [1.29, 1.82) is 0 Å². The predicted octanol–water partition coefficient (Wildman–Crippen LogP) is 2.50. The largest absolute Gasteiger partial charge is 0.396 e. The molecule has 1 fully saturated rings. The van der Waals surface area contributed by atoms with Crippen LogP contribution in [0.4, 0.5) is 0 Å². The highest BCUT2D eigenvalue weighted by atomic mass is 16.5. The number of likely N-dealkylation sites (tertiary alicyclic amines) is 1. The molecule has 1 aromatic carbocycles. The van der Waals surface area contributed by atoms with E-state index in [2.05, 4.69) is 34.1 Å². The minimum atomic E-state index is 0.259. The van der Waals surface area contributed by atoms with E-state index in [1.165, 1.54) is 5.56 Å². The summed E-state index contributed by atoms with van der Waals surface area (Å²) in [4.78, 5) is 6.78. The second kappa shape index (κ2) is 7.03. The van der Waals surface area contributed by atoms with Crippen LogP contribution in [-0.2, 0) is 13.0 Å². The lowest BCUT2D eigenvalue weighted by Gasteiger charge is -2.30. The van der Waals surface area contributed by atoms with E-state index in [1.54, 1.807) is 0 Å². The van der Waals surface area contributed by atoms with Gasteiger partial charge in [0.1, 0.15) is 0 Å². The summed E-state index contributed by atoms with van der Waals surface area (Å²) in [6.07, 6.45) is 3.25. The van der Waals surface area contributed by atoms with Crippen LogP contribution in [-0.4, -0.2) is 39.8 Å². The summed E-state index contributed by atoms with van der Waals surface area (Å²) in [5.41, 5.74) is 2.29. The molecule has 2 aromatic rings. The third kappa shape index (κ3) is 3.54. The van der Waals surface area contributed by atoms with Crippen LogP contribution in [0.2, 0.25) is 0 Å². The third-order valence-electron chi connectivity index (χ3n) is 4.31. The monoisotopic (exact) mass is 301 g/mol. The fourth-order valence-electron chi connectivity index (χ4n) is 2.96. The molecule has 0 amide bonds. The SMILES string of the molecule is CCc1ccc(-c2noc(CN3CCCC(CO)C3)n2)cc1. The Hall–Kier alpha value is -1.72. The summed E-state index contributed by atoms with van der Waals surface area (Å²) < 4.78 is 5.38. The molecule has 1 aliphatic rings. The van der Waals surface area contributed by atoms with Crippen LogP contribution < -0.4 is 0 Å². The summed E-state index contributed by atoms with van der Waals surface area (Å²) in [5, 5.41) is 13.4. The van der Waals surface area contributed by atoms with Gasteiger partial charge in [-0.05, 0) is 37.3 Å². The first kappa shape index (κ1) is 15.2. The first-order chi connectivity index (χ1) is 10.8. The maximum atomic E-state index is 9.29. The number of hydrogen-bond donors (Lipinski definition) is 1. The van der Waals surface area contributed by atoms with Gasteiger partial charge in [0.15, 0.2) is 0 Å². The van der Waals surface area contributed by atoms with Gasteiger partial charge in [0.05, 0.1) is 6.54 Å². The number of aliphatic hydroxyl groups is 1. The Kier molecular flexibility index (Phi) is 4.85. The van der Waals surface area contributed by atoms with E-state index in [-0.39, 0.29) is 6.61 Å². The van der Waals surface area contributed by atoms with Gasteiger partial charge in [-0.3, -0.25) is 4.90 Å². The molecule has 0 saturated carbocycles. The van der Waals surface area contributed by atoms with Gasteiger partial charge in [-0.25, -0.2) is 0 Å². The van der Waals surface area contributed by atoms with Crippen LogP contribution >= 0.6 is 0 Å². The molecule has 0 aliphatic carbocycles. The maximum Gasteiger partial charge on any atom is 0.241 e. The maximum absolute atomic E-state index is 9.29. The number of aliphatic hydroxyl groups excluding tert-OH is 1. The molecular weight excluding hydrogens is 278 g/mol. The standard InChI is InChI=1S/C17H23N3O2/c1-2-13-5-7-15(8-6-13)17-18-16(22-19-17)11-20-9-3-4-14(10-20)12-21/h5-8,14,21H,2-4,9-12H2,1H3. The molecule has 1 aliphatic heterocycles. The van der Waals surface area contributed by atoms with E-state index in [4.69, 9.17) is 4.52 Å². The molecule has 22 heavy (non-hydrogen) atoms. The van der Waals surface area contributed by atoms with Crippen molar-refractivity contribution < 1.29 is 9.63 Å². The number of benzene rings is 1. The van der Waals surface area contributed by atoms with E-state index in [0.717, 1.165) is 37.9 Å². The molecule has 118 valence electrons.